The van der Waals surface area contributed by atoms with Gasteiger partial charge in [0.05, 0.1) is 11.1 Å². The van der Waals surface area contributed by atoms with Crippen molar-refractivity contribution in [2.75, 3.05) is 7.05 Å². The third-order valence-corrected chi connectivity index (χ3v) is 3.91. The van der Waals surface area contributed by atoms with Crippen LogP contribution in [0.3, 0.4) is 0 Å². The van der Waals surface area contributed by atoms with Gasteiger partial charge in [-0.3, -0.25) is 9.78 Å². The van der Waals surface area contributed by atoms with E-state index in [0.717, 1.165) is 21.4 Å². The SMILES string of the molecule is CN(Cc1ccccc1)C(=O)c1cnc2c(S)cccc2c1. The number of hydrogen-bond acceptors (Lipinski definition) is 3. The number of carbonyl (C=O) groups excluding carboxylic acids is 1. The van der Waals surface area contributed by atoms with E-state index in [1.54, 1.807) is 18.1 Å². The van der Waals surface area contributed by atoms with Gasteiger partial charge in [0.1, 0.15) is 0 Å². The molecule has 0 N–H and O–H groups in total. The second-order valence-electron chi connectivity index (χ2n) is 5.22. The number of fused-ring (bicyclic) bond motifs is 1. The average Bonchev–Trinajstić information content (AvgIpc) is 2.55. The van der Waals surface area contributed by atoms with Crippen LogP contribution in [0, 0.1) is 0 Å². The molecule has 22 heavy (non-hydrogen) atoms. The van der Waals surface area contributed by atoms with Gasteiger partial charge >= 0.3 is 0 Å². The molecule has 0 radical (unpaired) electrons. The molecule has 3 rings (SSSR count). The Labute approximate surface area is 135 Å². The van der Waals surface area contributed by atoms with Crippen molar-refractivity contribution in [3.05, 3.63) is 71.9 Å². The molecule has 1 aromatic heterocycles. The summed E-state index contributed by atoms with van der Waals surface area (Å²) in [6.07, 6.45) is 1.62. The molecule has 0 saturated carbocycles. The monoisotopic (exact) mass is 308 g/mol. The summed E-state index contributed by atoms with van der Waals surface area (Å²) < 4.78 is 0. The summed E-state index contributed by atoms with van der Waals surface area (Å²) in [5.41, 5.74) is 2.50. The predicted octanol–water partition coefficient (Wildman–Crippen LogP) is 3.80. The lowest BCUT2D eigenvalue weighted by molar-refractivity contribution is 0.0785. The second kappa shape index (κ2) is 6.20. The van der Waals surface area contributed by atoms with Crippen molar-refractivity contribution >= 4 is 29.4 Å². The largest absolute Gasteiger partial charge is 0.337 e. The fourth-order valence-corrected chi connectivity index (χ4v) is 2.68. The molecular formula is C18H16N2OS. The van der Waals surface area contributed by atoms with Crippen molar-refractivity contribution in [3.8, 4) is 0 Å². The molecule has 3 nitrogen and oxygen atoms in total. The highest BCUT2D eigenvalue weighted by Crippen LogP contribution is 2.21. The fourth-order valence-electron chi connectivity index (χ4n) is 2.41. The summed E-state index contributed by atoms with van der Waals surface area (Å²) in [6.45, 7) is 0.574. The Bertz CT molecular complexity index is 818. The van der Waals surface area contributed by atoms with Gasteiger partial charge in [0, 0.05) is 30.1 Å². The number of carbonyl (C=O) groups is 1. The summed E-state index contributed by atoms with van der Waals surface area (Å²) >= 11 is 4.39. The van der Waals surface area contributed by atoms with Crippen molar-refractivity contribution in [3.63, 3.8) is 0 Å². The van der Waals surface area contributed by atoms with Crippen LogP contribution in [0.15, 0.2) is 65.7 Å². The maximum atomic E-state index is 12.5. The average molecular weight is 308 g/mol. The molecule has 110 valence electrons. The molecule has 0 unspecified atom stereocenters. The highest BCUT2D eigenvalue weighted by atomic mass is 32.1. The summed E-state index contributed by atoms with van der Waals surface area (Å²) in [7, 11) is 1.80. The molecule has 0 bridgehead atoms. The zero-order chi connectivity index (χ0) is 15.5. The smallest absolute Gasteiger partial charge is 0.255 e. The Morgan fingerprint density at radius 2 is 1.91 bits per heavy atom. The van der Waals surface area contributed by atoms with Gasteiger partial charge < -0.3 is 4.90 Å². The van der Waals surface area contributed by atoms with Crippen LogP contribution < -0.4 is 0 Å². The molecule has 1 amide bonds. The number of benzene rings is 2. The van der Waals surface area contributed by atoms with Crippen LogP contribution in [-0.4, -0.2) is 22.8 Å². The number of amides is 1. The molecule has 1 heterocycles. The molecular weight excluding hydrogens is 292 g/mol. The van der Waals surface area contributed by atoms with Gasteiger partial charge in [-0.2, -0.15) is 0 Å². The first-order chi connectivity index (χ1) is 10.6. The normalized spacial score (nSPS) is 10.6. The number of rotatable bonds is 3. The standard InChI is InChI=1S/C18H16N2OS/c1-20(12-13-6-3-2-4-7-13)18(21)15-10-14-8-5-9-16(22)17(14)19-11-15/h2-11,22H,12H2,1H3. The van der Waals surface area contributed by atoms with Gasteiger partial charge in [-0.1, -0.05) is 42.5 Å². The first-order valence-electron chi connectivity index (χ1n) is 7.02. The van der Waals surface area contributed by atoms with Gasteiger partial charge in [-0.15, -0.1) is 12.6 Å². The van der Waals surface area contributed by atoms with E-state index in [1.807, 2.05) is 54.6 Å². The van der Waals surface area contributed by atoms with Crippen LogP contribution >= 0.6 is 12.6 Å². The Balaban J connectivity index is 1.85. The van der Waals surface area contributed by atoms with E-state index in [2.05, 4.69) is 17.6 Å². The summed E-state index contributed by atoms with van der Waals surface area (Å²) in [4.78, 5) is 19.4. The molecule has 0 aliphatic rings. The minimum atomic E-state index is -0.0391. The van der Waals surface area contributed by atoms with Crippen LogP contribution in [0.2, 0.25) is 0 Å². The van der Waals surface area contributed by atoms with Crippen LogP contribution in [-0.2, 0) is 6.54 Å². The summed E-state index contributed by atoms with van der Waals surface area (Å²) in [6, 6.07) is 17.5. The molecule has 0 fully saturated rings. The number of hydrogen-bond donors (Lipinski definition) is 1. The molecule has 4 heteroatoms. The molecule has 0 atom stereocenters. The van der Waals surface area contributed by atoms with Crippen molar-refractivity contribution in [2.45, 2.75) is 11.4 Å². The zero-order valence-corrected chi connectivity index (χ0v) is 13.1. The van der Waals surface area contributed by atoms with Gasteiger partial charge in [-0.25, -0.2) is 0 Å². The van der Waals surface area contributed by atoms with E-state index < -0.39 is 0 Å². The number of para-hydroxylation sites is 1. The molecule has 3 aromatic rings. The topological polar surface area (TPSA) is 33.2 Å². The third-order valence-electron chi connectivity index (χ3n) is 3.55. The van der Waals surface area contributed by atoms with Gasteiger partial charge in [0.2, 0.25) is 0 Å². The lowest BCUT2D eigenvalue weighted by Gasteiger charge is -2.17. The zero-order valence-electron chi connectivity index (χ0n) is 12.2. The Hall–Kier alpha value is -2.33. The van der Waals surface area contributed by atoms with Crippen molar-refractivity contribution in [2.24, 2.45) is 0 Å². The molecule has 2 aromatic carbocycles. The summed E-state index contributed by atoms with van der Waals surface area (Å²) in [5.74, 6) is -0.0391. The predicted molar refractivity (Wildman–Crippen MR) is 91.2 cm³/mol. The summed E-state index contributed by atoms with van der Waals surface area (Å²) in [5, 5.41) is 0.923. The van der Waals surface area contributed by atoms with Crippen LogP contribution in [0.1, 0.15) is 15.9 Å². The van der Waals surface area contributed by atoms with Crippen molar-refractivity contribution in [1.82, 2.24) is 9.88 Å². The first kappa shape index (κ1) is 14.6. The third kappa shape index (κ3) is 2.97. The van der Waals surface area contributed by atoms with Crippen LogP contribution in [0.25, 0.3) is 10.9 Å². The highest BCUT2D eigenvalue weighted by molar-refractivity contribution is 7.80. The lowest BCUT2D eigenvalue weighted by atomic mass is 10.1. The first-order valence-corrected chi connectivity index (χ1v) is 7.47. The fraction of sp³-hybridized carbons (Fsp3) is 0.111. The van der Waals surface area contributed by atoms with Crippen LogP contribution in [0.4, 0.5) is 0 Å². The van der Waals surface area contributed by atoms with Gasteiger partial charge in [0.15, 0.2) is 0 Å². The molecule has 0 aliphatic carbocycles. The molecule has 0 aliphatic heterocycles. The number of nitrogens with zero attached hydrogens (tertiary/aromatic N) is 2. The lowest BCUT2D eigenvalue weighted by Crippen LogP contribution is -2.26. The molecule has 0 spiro atoms. The second-order valence-corrected chi connectivity index (χ2v) is 5.70. The number of thiol groups is 1. The Morgan fingerprint density at radius 1 is 1.14 bits per heavy atom. The van der Waals surface area contributed by atoms with Gasteiger partial charge in [-0.05, 0) is 17.7 Å². The van der Waals surface area contributed by atoms with E-state index in [9.17, 15) is 4.79 Å². The number of pyridine rings is 1. The Morgan fingerprint density at radius 3 is 2.68 bits per heavy atom. The number of aromatic nitrogens is 1. The van der Waals surface area contributed by atoms with Crippen LogP contribution in [0.5, 0.6) is 0 Å². The van der Waals surface area contributed by atoms with E-state index >= 15 is 0 Å². The van der Waals surface area contributed by atoms with E-state index in [1.165, 1.54) is 0 Å². The highest BCUT2D eigenvalue weighted by Gasteiger charge is 2.13. The van der Waals surface area contributed by atoms with Crippen molar-refractivity contribution in [1.29, 1.82) is 0 Å². The Kier molecular flexibility index (Phi) is 4.11. The molecule has 0 saturated heterocycles. The van der Waals surface area contributed by atoms with E-state index in [0.29, 0.717) is 12.1 Å². The maximum absolute atomic E-state index is 12.5. The minimum Gasteiger partial charge on any atom is -0.337 e. The van der Waals surface area contributed by atoms with Crippen molar-refractivity contribution < 1.29 is 4.79 Å². The quantitative estimate of drug-likeness (QED) is 0.747. The van der Waals surface area contributed by atoms with E-state index in [4.69, 9.17) is 0 Å². The maximum Gasteiger partial charge on any atom is 0.255 e. The van der Waals surface area contributed by atoms with E-state index in [-0.39, 0.29) is 5.91 Å². The minimum absolute atomic E-state index is 0.0391. The van der Waals surface area contributed by atoms with Gasteiger partial charge in [0.25, 0.3) is 5.91 Å².